The monoisotopic (exact) mass is 238 g/mol. The van der Waals surface area contributed by atoms with Gasteiger partial charge in [-0.15, -0.1) is 0 Å². The summed E-state index contributed by atoms with van der Waals surface area (Å²) in [4.78, 5) is 6.76. The zero-order valence-corrected chi connectivity index (χ0v) is 11.4. The number of nitrogens with zero attached hydrogens (tertiary/aromatic N) is 2. The zero-order chi connectivity index (χ0) is 12.7. The zero-order valence-electron chi connectivity index (χ0n) is 11.4. The second-order valence-electron chi connectivity index (χ2n) is 4.81. The molecule has 4 heteroatoms. The van der Waals surface area contributed by atoms with Crippen LogP contribution in [0.2, 0.25) is 0 Å². The van der Waals surface area contributed by atoms with Crippen molar-refractivity contribution < 1.29 is 0 Å². The molecule has 0 saturated carbocycles. The second kappa shape index (κ2) is 7.33. The second-order valence-corrected chi connectivity index (χ2v) is 4.81. The number of hydrogen-bond acceptors (Lipinski definition) is 2. The third-order valence-electron chi connectivity index (χ3n) is 3.19. The maximum atomic E-state index is 5.82. The van der Waals surface area contributed by atoms with Crippen molar-refractivity contribution in [2.75, 3.05) is 26.2 Å². The van der Waals surface area contributed by atoms with Crippen LogP contribution in [0.25, 0.3) is 0 Å². The predicted octanol–water partition coefficient (Wildman–Crippen LogP) is 1.34. The van der Waals surface area contributed by atoms with Gasteiger partial charge in [-0.2, -0.15) is 0 Å². The van der Waals surface area contributed by atoms with Gasteiger partial charge in [-0.1, -0.05) is 18.6 Å². The first-order valence-electron chi connectivity index (χ1n) is 6.54. The summed E-state index contributed by atoms with van der Waals surface area (Å²) >= 11 is 0. The van der Waals surface area contributed by atoms with Crippen LogP contribution in [0.4, 0.5) is 0 Å². The van der Waals surface area contributed by atoms with Crippen molar-refractivity contribution in [3.63, 3.8) is 0 Å². The van der Waals surface area contributed by atoms with E-state index >= 15 is 0 Å². The maximum Gasteiger partial charge on any atom is 0.188 e. The Bertz CT molecular complexity index is 279. The fraction of sp³-hybridized carbons (Fsp3) is 0.769. The molecule has 4 nitrogen and oxygen atoms in total. The molecule has 1 fully saturated rings. The fourth-order valence-electron chi connectivity index (χ4n) is 2.15. The van der Waals surface area contributed by atoms with Crippen LogP contribution in [-0.4, -0.2) is 43.1 Å². The number of likely N-dealkylation sites (N-methyl/N-ethyl adjacent to an activating group) is 1. The lowest BCUT2D eigenvalue weighted by atomic mass is 10.2. The molecule has 3 N–H and O–H groups in total. The van der Waals surface area contributed by atoms with Crippen molar-refractivity contribution in [3.05, 3.63) is 11.6 Å². The molecule has 0 aromatic carbocycles. The van der Waals surface area contributed by atoms with Gasteiger partial charge < -0.3 is 11.1 Å². The van der Waals surface area contributed by atoms with Gasteiger partial charge >= 0.3 is 0 Å². The number of guanidine groups is 1. The molecule has 1 unspecified atom stereocenters. The summed E-state index contributed by atoms with van der Waals surface area (Å²) in [6.07, 6.45) is 4.64. The lowest BCUT2D eigenvalue weighted by Gasteiger charge is -2.23. The molecule has 1 aliphatic heterocycles. The molecule has 98 valence electrons. The Morgan fingerprint density at radius 1 is 1.53 bits per heavy atom. The molecule has 1 heterocycles. The van der Waals surface area contributed by atoms with Gasteiger partial charge in [0.25, 0.3) is 0 Å². The molecule has 0 aliphatic carbocycles. The van der Waals surface area contributed by atoms with Crippen LogP contribution in [-0.2, 0) is 0 Å². The number of nitrogens with one attached hydrogen (secondary N) is 1. The Hall–Kier alpha value is -1.03. The van der Waals surface area contributed by atoms with Gasteiger partial charge in [0.1, 0.15) is 0 Å². The van der Waals surface area contributed by atoms with Crippen LogP contribution < -0.4 is 11.1 Å². The summed E-state index contributed by atoms with van der Waals surface area (Å²) in [7, 11) is 0. The van der Waals surface area contributed by atoms with E-state index < -0.39 is 0 Å². The van der Waals surface area contributed by atoms with Crippen LogP contribution in [0.1, 0.15) is 33.6 Å². The van der Waals surface area contributed by atoms with Crippen LogP contribution in [0.15, 0.2) is 16.6 Å². The first-order chi connectivity index (χ1) is 8.13. The third-order valence-corrected chi connectivity index (χ3v) is 3.19. The highest BCUT2D eigenvalue weighted by Gasteiger charge is 2.22. The topological polar surface area (TPSA) is 53.6 Å². The lowest BCUT2D eigenvalue weighted by molar-refractivity contribution is 0.267. The summed E-state index contributed by atoms with van der Waals surface area (Å²) < 4.78 is 0. The summed E-state index contributed by atoms with van der Waals surface area (Å²) in [5.74, 6) is 0.561. The molecule has 1 rings (SSSR count). The maximum absolute atomic E-state index is 5.82. The molecule has 1 aliphatic rings. The Labute approximate surface area is 105 Å². The van der Waals surface area contributed by atoms with Crippen molar-refractivity contribution in [2.45, 2.75) is 39.7 Å². The van der Waals surface area contributed by atoms with Crippen LogP contribution >= 0.6 is 0 Å². The van der Waals surface area contributed by atoms with Crippen LogP contribution in [0.3, 0.4) is 0 Å². The van der Waals surface area contributed by atoms with E-state index in [-0.39, 0.29) is 0 Å². The molecule has 0 bridgehead atoms. The van der Waals surface area contributed by atoms with E-state index in [0.717, 1.165) is 13.1 Å². The van der Waals surface area contributed by atoms with Crippen molar-refractivity contribution in [1.29, 1.82) is 0 Å². The number of aliphatic imine (C=N–C) groups is 1. The fourth-order valence-corrected chi connectivity index (χ4v) is 2.15. The highest BCUT2D eigenvalue weighted by Crippen LogP contribution is 2.15. The Morgan fingerprint density at radius 2 is 2.29 bits per heavy atom. The van der Waals surface area contributed by atoms with E-state index in [2.05, 4.69) is 42.1 Å². The first-order valence-corrected chi connectivity index (χ1v) is 6.54. The largest absolute Gasteiger partial charge is 0.370 e. The minimum Gasteiger partial charge on any atom is -0.370 e. The highest BCUT2D eigenvalue weighted by atomic mass is 15.2. The summed E-state index contributed by atoms with van der Waals surface area (Å²) in [5, 5.41) is 3.22. The van der Waals surface area contributed by atoms with Gasteiger partial charge in [0.2, 0.25) is 0 Å². The SMILES string of the molecule is CCN1CCCC1CNC(N)=NCC=C(C)C. The van der Waals surface area contributed by atoms with E-state index in [1.54, 1.807) is 0 Å². The predicted molar refractivity (Wildman–Crippen MR) is 74.2 cm³/mol. The van der Waals surface area contributed by atoms with Gasteiger partial charge in [0, 0.05) is 12.6 Å². The van der Waals surface area contributed by atoms with Gasteiger partial charge in [-0.05, 0) is 39.8 Å². The van der Waals surface area contributed by atoms with Gasteiger partial charge in [0.15, 0.2) is 5.96 Å². The molecule has 1 atom stereocenters. The molecular weight excluding hydrogens is 212 g/mol. The Morgan fingerprint density at radius 3 is 2.94 bits per heavy atom. The minimum absolute atomic E-state index is 0.561. The molecule has 0 spiro atoms. The van der Waals surface area contributed by atoms with Gasteiger partial charge in [-0.25, -0.2) is 4.99 Å². The van der Waals surface area contributed by atoms with Gasteiger partial charge in [0.05, 0.1) is 6.54 Å². The highest BCUT2D eigenvalue weighted by molar-refractivity contribution is 5.77. The molecule has 1 saturated heterocycles. The Balaban J connectivity index is 2.27. The molecule has 0 radical (unpaired) electrons. The Kier molecular flexibility index (Phi) is 6.05. The van der Waals surface area contributed by atoms with E-state index in [0.29, 0.717) is 18.5 Å². The number of allylic oxidation sites excluding steroid dienone is 1. The van der Waals surface area contributed by atoms with Crippen molar-refractivity contribution in [3.8, 4) is 0 Å². The normalized spacial score (nSPS) is 21.6. The van der Waals surface area contributed by atoms with E-state index in [4.69, 9.17) is 5.73 Å². The molecule has 0 aromatic heterocycles. The summed E-state index contributed by atoms with van der Waals surface area (Å²) in [6, 6.07) is 0.622. The third kappa shape index (κ3) is 5.22. The van der Waals surface area contributed by atoms with Crippen molar-refractivity contribution in [1.82, 2.24) is 10.2 Å². The van der Waals surface area contributed by atoms with Crippen molar-refractivity contribution in [2.24, 2.45) is 10.7 Å². The average Bonchev–Trinajstić information content (AvgIpc) is 2.73. The number of hydrogen-bond donors (Lipinski definition) is 2. The first kappa shape index (κ1) is 14.0. The van der Waals surface area contributed by atoms with Crippen LogP contribution in [0.5, 0.6) is 0 Å². The number of nitrogens with two attached hydrogens (primary N) is 1. The quantitative estimate of drug-likeness (QED) is 0.432. The number of rotatable bonds is 5. The van der Waals surface area contributed by atoms with Crippen LogP contribution in [0, 0.1) is 0 Å². The molecular formula is C13H26N4. The number of likely N-dealkylation sites (tertiary alicyclic amines) is 1. The van der Waals surface area contributed by atoms with Gasteiger partial charge in [-0.3, -0.25) is 4.90 Å². The average molecular weight is 238 g/mol. The molecule has 17 heavy (non-hydrogen) atoms. The summed E-state index contributed by atoms with van der Waals surface area (Å²) in [5.41, 5.74) is 7.09. The van der Waals surface area contributed by atoms with Crippen molar-refractivity contribution >= 4 is 5.96 Å². The lowest BCUT2D eigenvalue weighted by Crippen LogP contribution is -2.42. The van der Waals surface area contributed by atoms with E-state index in [1.807, 2.05) is 0 Å². The smallest absolute Gasteiger partial charge is 0.188 e. The van der Waals surface area contributed by atoms with E-state index in [9.17, 15) is 0 Å². The minimum atomic E-state index is 0.561. The molecule has 0 amide bonds. The standard InChI is InChI=1S/C13H26N4/c1-4-17-9-5-6-12(17)10-16-13(14)15-8-7-11(2)3/h7,12H,4-6,8-10H2,1-3H3,(H3,14,15,16). The molecule has 0 aromatic rings. The van der Waals surface area contributed by atoms with E-state index in [1.165, 1.54) is 25.0 Å². The summed E-state index contributed by atoms with van der Waals surface area (Å²) in [6.45, 7) is 10.3.